The number of aromatic amines is 1. The van der Waals surface area contributed by atoms with Crippen molar-refractivity contribution in [3.63, 3.8) is 0 Å². The van der Waals surface area contributed by atoms with Gasteiger partial charge in [0.15, 0.2) is 0 Å². The zero-order valence-corrected chi connectivity index (χ0v) is 12.7. The topological polar surface area (TPSA) is 77.2 Å². The number of para-hydroxylation sites is 1. The van der Waals surface area contributed by atoms with Crippen molar-refractivity contribution in [3.05, 3.63) is 36.0 Å². The van der Waals surface area contributed by atoms with Crippen LogP contribution < -0.4 is 10.6 Å². The predicted octanol–water partition coefficient (Wildman–Crippen LogP) is 2.17. The molecule has 1 aromatic heterocycles. The van der Waals surface area contributed by atoms with Crippen LogP contribution in [0.5, 0.6) is 0 Å². The second-order valence-electron chi connectivity index (χ2n) is 6.23. The number of urea groups is 1. The summed E-state index contributed by atoms with van der Waals surface area (Å²) in [4.78, 5) is 15.0. The van der Waals surface area contributed by atoms with Crippen molar-refractivity contribution in [1.82, 2.24) is 15.6 Å². The highest BCUT2D eigenvalue weighted by atomic mass is 16.3. The standard InChI is InChI=1S/C17H23N3O2/c21-12-17(7-8-17)11-20-16(22)18-9-3-4-13-10-19-15-6-2-1-5-14(13)15/h1-2,5-6,10,19,21H,3-4,7-9,11-12H2,(H2,18,20,22). The van der Waals surface area contributed by atoms with Crippen LogP contribution >= 0.6 is 0 Å². The molecule has 0 radical (unpaired) electrons. The third-order valence-corrected chi connectivity index (χ3v) is 4.50. The SMILES string of the molecule is O=C(NCCCc1c[nH]c2ccccc12)NCC1(CO)CC1. The molecule has 2 amide bonds. The monoisotopic (exact) mass is 301 g/mol. The van der Waals surface area contributed by atoms with Crippen molar-refractivity contribution in [1.29, 1.82) is 0 Å². The van der Waals surface area contributed by atoms with Gasteiger partial charge in [-0.05, 0) is 37.3 Å². The lowest BCUT2D eigenvalue weighted by atomic mass is 10.1. The van der Waals surface area contributed by atoms with Crippen LogP contribution in [0, 0.1) is 5.41 Å². The molecule has 1 aliphatic rings. The number of benzene rings is 1. The maximum absolute atomic E-state index is 11.7. The minimum atomic E-state index is -0.140. The van der Waals surface area contributed by atoms with Crippen molar-refractivity contribution in [2.45, 2.75) is 25.7 Å². The van der Waals surface area contributed by atoms with Gasteiger partial charge in [-0.1, -0.05) is 18.2 Å². The van der Waals surface area contributed by atoms with Crippen molar-refractivity contribution in [3.8, 4) is 0 Å². The van der Waals surface area contributed by atoms with E-state index in [1.165, 1.54) is 10.9 Å². The molecule has 0 saturated heterocycles. The Morgan fingerprint density at radius 1 is 1.27 bits per heavy atom. The molecule has 2 aromatic rings. The lowest BCUT2D eigenvalue weighted by Gasteiger charge is -2.13. The quantitative estimate of drug-likeness (QED) is 0.592. The molecule has 1 aliphatic carbocycles. The largest absolute Gasteiger partial charge is 0.396 e. The Morgan fingerprint density at radius 2 is 2.09 bits per heavy atom. The summed E-state index contributed by atoms with van der Waals surface area (Å²) in [5, 5.41) is 16.2. The molecule has 0 bridgehead atoms. The molecule has 4 N–H and O–H groups in total. The molecular weight excluding hydrogens is 278 g/mol. The van der Waals surface area contributed by atoms with Gasteiger partial charge in [0.25, 0.3) is 0 Å². The number of aliphatic hydroxyl groups is 1. The maximum Gasteiger partial charge on any atom is 0.314 e. The molecule has 1 saturated carbocycles. The highest BCUT2D eigenvalue weighted by molar-refractivity contribution is 5.83. The van der Waals surface area contributed by atoms with Crippen LogP contribution in [-0.4, -0.2) is 35.8 Å². The number of nitrogens with one attached hydrogen (secondary N) is 3. The van der Waals surface area contributed by atoms with E-state index in [1.54, 1.807) is 0 Å². The Bertz CT molecular complexity index is 646. The van der Waals surface area contributed by atoms with E-state index in [4.69, 9.17) is 0 Å². The molecule has 1 fully saturated rings. The highest BCUT2D eigenvalue weighted by Gasteiger charge is 2.42. The molecule has 0 atom stereocenters. The molecule has 3 rings (SSSR count). The highest BCUT2D eigenvalue weighted by Crippen LogP contribution is 2.44. The molecule has 0 aliphatic heterocycles. The second kappa shape index (κ2) is 6.40. The summed E-state index contributed by atoms with van der Waals surface area (Å²) < 4.78 is 0. The average Bonchev–Trinajstić information content (AvgIpc) is 3.23. The first kappa shape index (κ1) is 14.9. The fourth-order valence-corrected chi connectivity index (χ4v) is 2.72. The summed E-state index contributed by atoms with van der Waals surface area (Å²) in [7, 11) is 0. The van der Waals surface area contributed by atoms with Crippen LogP contribution in [0.2, 0.25) is 0 Å². The Kier molecular flexibility index (Phi) is 4.34. The normalized spacial score (nSPS) is 15.7. The van der Waals surface area contributed by atoms with Crippen molar-refractivity contribution >= 4 is 16.9 Å². The first-order chi connectivity index (χ1) is 10.7. The fraction of sp³-hybridized carbons (Fsp3) is 0.471. The van der Waals surface area contributed by atoms with Gasteiger partial charge in [-0.2, -0.15) is 0 Å². The van der Waals surface area contributed by atoms with Crippen molar-refractivity contribution < 1.29 is 9.90 Å². The van der Waals surface area contributed by atoms with E-state index in [2.05, 4.69) is 27.8 Å². The van der Waals surface area contributed by atoms with Gasteiger partial charge in [-0.25, -0.2) is 4.79 Å². The van der Waals surface area contributed by atoms with Crippen molar-refractivity contribution in [2.75, 3.05) is 19.7 Å². The number of aryl methyl sites for hydroxylation is 1. The van der Waals surface area contributed by atoms with Crippen molar-refractivity contribution in [2.24, 2.45) is 5.41 Å². The molecule has 5 heteroatoms. The zero-order chi connectivity index (χ0) is 15.4. The Hall–Kier alpha value is -2.01. The third kappa shape index (κ3) is 3.42. The minimum absolute atomic E-state index is 0.0403. The van der Waals surface area contributed by atoms with Crippen LogP contribution in [-0.2, 0) is 6.42 Å². The second-order valence-corrected chi connectivity index (χ2v) is 6.23. The Morgan fingerprint density at radius 3 is 2.86 bits per heavy atom. The molecule has 0 spiro atoms. The smallest absolute Gasteiger partial charge is 0.314 e. The summed E-state index contributed by atoms with van der Waals surface area (Å²) in [6.45, 7) is 1.38. The molecule has 22 heavy (non-hydrogen) atoms. The molecule has 1 heterocycles. The van der Waals surface area contributed by atoms with Gasteiger partial charge in [0.05, 0.1) is 6.61 Å². The van der Waals surface area contributed by atoms with E-state index in [-0.39, 0.29) is 18.1 Å². The maximum atomic E-state index is 11.7. The molecular formula is C17H23N3O2. The first-order valence-corrected chi connectivity index (χ1v) is 7.90. The average molecular weight is 301 g/mol. The summed E-state index contributed by atoms with van der Waals surface area (Å²) in [5.41, 5.74) is 2.40. The number of carbonyl (C=O) groups excluding carboxylic acids is 1. The molecule has 118 valence electrons. The number of aliphatic hydroxyl groups excluding tert-OH is 1. The van der Waals surface area contributed by atoms with E-state index in [9.17, 15) is 9.90 Å². The number of carbonyl (C=O) groups is 1. The summed E-state index contributed by atoms with van der Waals surface area (Å²) in [6, 6.07) is 8.11. The van der Waals surface area contributed by atoms with Gasteiger partial charge in [0, 0.05) is 35.6 Å². The summed E-state index contributed by atoms with van der Waals surface area (Å²) in [6.07, 6.45) is 5.89. The molecule has 0 unspecified atom stereocenters. The van der Waals surface area contributed by atoms with E-state index in [1.807, 2.05) is 18.3 Å². The number of amides is 2. The lowest BCUT2D eigenvalue weighted by molar-refractivity contribution is 0.203. The number of hydrogen-bond donors (Lipinski definition) is 4. The van der Waals surface area contributed by atoms with E-state index >= 15 is 0 Å². The van der Waals surface area contributed by atoms with Crippen LogP contribution in [0.4, 0.5) is 4.79 Å². The number of hydrogen-bond acceptors (Lipinski definition) is 2. The zero-order valence-electron chi connectivity index (χ0n) is 12.7. The lowest BCUT2D eigenvalue weighted by Crippen LogP contribution is -2.40. The minimum Gasteiger partial charge on any atom is -0.396 e. The number of aromatic nitrogens is 1. The van der Waals surface area contributed by atoms with E-state index < -0.39 is 0 Å². The Balaban J connectivity index is 1.37. The van der Waals surface area contributed by atoms with Gasteiger partial charge >= 0.3 is 6.03 Å². The first-order valence-electron chi connectivity index (χ1n) is 7.90. The van der Waals surface area contributed by atoms with E-state index in [0.717, 1.165) is 31.2 Å². The van der Waals surface area contributed by atoms with Crippen LogP contribution in [0.3, 0.4) is 0 Å². The van der Waals surface area contributed by atoms with Gasteiger partial charge in [0.1, 0.15) is 0 Å². The summed E-state index contributed by atoms with van der Waals surface area (Å²) in [5.74, 6) is 0. The number of H-pyrrole nitrogens is 1. The van der Waals surface area contributed by atoms with Gasteiger partial charge in [0.2, 0.25) is 0 Å². The van der Waals surface area contributed by atoms with Gasteiger partial charge in [-0.15, -0.1) is 0 Å². The Labute approximate surface area is 130 Å². The van der Waals surface area contributed by atoms with Crippen LogP contribution in [0.25, 0.3) is 10.9 Å². The van der Waals surface area contributed by atoms with E-state index in [0.29, 0.717) is 13.1 Å². The van der Waals surface area contributed by atoms with Gasteiger partial charge in [-0.3, -0.25) is 0 Å². The van der Waals surface area contributed by atoms with Crippen LogP contribution in [0.1, 0.15) is 24.8 Å². The fourth-order valence-electron chi connectivity index (χ4n) is 2.72. The van der Waals surface area contributed by atoms with Crippen LogP contribution in [0.15, 0.2) is 30.5 Å². The molecule has 5 nitrogen and oxygen atoms in total. The third-order valence-electron chi connectivity index (χ3n) is 4.50. The predicted molar refractivity (Wildman–Crippen MR) is 86.8 cm³/mol. The number of fused-ring (bicyclic) bond motifs is 1. The molecule has 1 aromatic carbocycles. The number of rotatable bonds is 7. The van der Waals surface area contributed by atoms with Gasteiger partial charge < -0.3 is 20.7 Å². The summed E-state index contributed by atoms with van der Waals surface area (Å²) >= 11 is 0.